The van der Waals surface area contributed by atoms with Crippen molar-refractivity contribution in [3.63, 3.8) is 0 Å². The van der Waals surface area contributed by atoms with Crippen LogP contribution in [0.4, 0.5) is 10.5 Å². The van der Waals surface area contributed by atoms with E-state index in [1.54, 1.807) is 4.90 Å². The number of benzene rings is 1. The Morgan fingerprint density at radius 2 is 2.37 bits per heavy atom. The standard InChI is InChI=1S/C14H17N3O2/c1-3-13(18)16-10(2)11-5-4-6-12(9-11)17-8-7-15-14(17)19/h3-6,9-10H,1,7-8H2,2H3,(H,15,19)(H,16,18). The minimum atomic E-state index is -0.211. The highest BCUT2D eigenvalue weighted by atomic mass is 16.2. The summed E-state index contributed by atoms with van der Waals surface area (Å²) in [6.07, 6.45) is 1.24. The normalized spacial score (nSPS) is 15.8. The van der Waals surface area contributed by atoms with Crippen LogP contribution in [0.25, 0.3) is 0 Å². The van der Waals surface area contributed by atoms with Crippen LogP contribution in [0.5, 0.6) is 0 Å². The molecule has 0 aromatic heterocycles. The van der Waals surface area contributed by atoms with Crippen LogP contribution in [-0.2, 0) is 4.79 Å². The first-order valence-corrected chi connectivity index (χ1v) is 6.20. The Labute approximate surface area is 112 Å². The summed E-state index contributed by atoms with van der Waals surface area (Å²) in [5, 5.41) is 5.56. The molecule has 1 aliphatic heterocycles. The van der Waals surface area contributed by atoms with Gasteiger partial charge in [-0.15, -0.1) is 0 Å². The average molecular weight is 259 g/mol. The number of hydrogen-bond donors (Lipinski definition) is 2. The van der Waals surface area contributed by atoms with E-state index < -0.39 is 0 Å². The largest absolute Gasteiger partial charge is 0.346 e. The lowest BCUT2D eigenvalue weighted by molar-refractivity contribution is -0.117. The van der Waals surface area contributed by atoms with Crippen molar-refractivity contribution in [1.82, 2.24) is 10.6 Å². The Balaban J connectivity index is 2.16. The van der Waals surface area contributed by atoms with Gasteiger partial charge in [0, 0.05) is 18.8 Å². The molecule has 5 nitrogen and oxygen atoms in total. The molecule has 0 aliphatic carbocycles. The highest BCUT2D eigenvalue weighted by molar-refractivity contribution is 5.94. The lowest BCUT2D eigenvalue weighted by Crippen LogP contribution is -2.28. The van der Waals surface area contributed by atoms with Gasteiger partial charge in [0.25, 0.3) is 0 Å². The van der Waals surface area contributed by atoms with Crippen LogP contribution in [-0.4, -0.2) is 25.0 Å². The molecule has 0 radical (unpaired) electrons. The van der Waals surface area contributed by atoms with E-state index in [1.807, 2.05) is 31.2 Å². The van der Waals surface area contributed by atoms with Crippen molar-refractivity contribution in [2.75, 3.05) is 18.0 Å². The Morgan fingerprint density at radius 1 is 1.58 bits per heavy atom. The molecule has 2 N–H and O–H groups in total. The molecule has 1 aromatic rings. The van der Waals surface area contributed by atoms with Gasteiger partial charge in [0.2, 0.25) is 5.91 Å². The zero-order chi connectivity index (χ0) is 13.8. The minimum absolute atomic E-state index is 0.0834. The first-order chi connectivity index (χ1) is 9.11. The van der Waals surface area contributed by atoms with E-state index in [0.29, 0.717) is 13.1 Å². The highest BCUT2D eigenvalue weighted by Gasteiger charge is 2.21. The summed E-state index contributed by atoms with van der Waals surface area (Å²) in [4.78, 5) is 24.6. The Kier molecular flexibility index (Phi) is 3.85. The number of carbonyl (C=O) groups excluding carboxylic acids is 2. The highest BCUT2D eigenvalue weighted by Crippen LogP contribution is 2.21. The van der Waals surface area contributed by atoms with Gasteiger partial charge in [-0.05, 0) is 30.7 Å². The molecule has 0 saturated carbocycles. The van der Waals surface area contributed by atoms with Crippen molar-refractivity contribution >= 4 is 17.6 Å². The summed E-state index contributed by atoms with van der Waals surface area (Å²) in [5.41, 5.74) is 1.79. The fourth-order valence-corrected chi connectivity index (χ4v) is 2.04. The summed E-state index contributed by atoms with van der Waals surface area (Å²) >= 11 is 0. The monoisotopic (exact) mass is 259 g/mol. The maximum atomic E-state index is 11.6. The van der Waals surface area contributed by atoms with Gasteiger partial charge in [0.05, 0.1) is 6.04 Å². The van der Waals surface area contributed by atoms with Crippen molar-refractivity contribution < 1.29 is 9.59 Å². The van der Waals surface area contributed by atoms with Gasteiger partial charge in [-0.1, -0.05) is 18.7 Å². The van der Waals surface area contributed by atoms with Crippen molar-refractivity contribution in [1.29, 1.82) is 0 Å². The van der Waals surface area contributed by atoms with Crippen LogP contribution in [0.2, 0.25) is 0 Å². The molecular weight excluding hydrogens is 242 g/mol. The Hall–Kier alpha value is -2.30. The van der Waals surface area contributed by atoms with E-state index >= 15 is 0 Å². The molecule has 1 unspecified atom stereocenters. The van der Waals surface area contributed by atoms with E-state index in [1.165, 1.54) is 6.08 Å². The van der Waals surface area contributed by atoms with Crippen LogP contribution in [0.1, 0.15) is 18.5 Å². The summed E-state index contributed by atoms with van der Waals surface area (Å²) in [5.74, 6) is -0.211. The molecule has 1 aliphatic rings. The molecule has 100 valence electrons. The first kappa shape index (κ1) is 13.1. The number of anilines is 1. The number of rotatable bonds is 4. The zero-order valence-electron chi connectivity index (χ0n) is 10.8. The van der Waals surface area contributed by atoms with Gasteiger partial charge in [-0.3, -0.25) is 9.69 Å². The number of hydrogen-bond acceptors (Lipinski definition) is 2. The Morgan fingerprint density at radius 3 is 3.00 bits per heavy atom. The molecule has 1 heterocycles. The minimum Gasteiger partial charge on any atom is -0.346 e. The second-order valence-corrected chi connectivity index (χ2v) is 4.41. The van der Waals surface area contributed by atoms with Crippen LogP contribution < -0.4 is 15.5 Å². The molecule has 19 heavy (non-hydrogen) atoms. The molecule has 0 bridgehead atoms. The predicted octanol–water partition coefficient (Wildman–Crippen LogP) is 1.58. The van der Waals surface area contributed by atoms with E-state index in [2.05, 4.69) is 17.2 Å². The molecule has 1 fully saturated rings. The molecule has 0 spiro atoms. The van der Waals surface area contributed by atoms with Gasteiger partial charge < -0.3 is 10.6 Å². The second kappa shape index (κ2) is 5.56. The molecule has 1 atom stereocenters. The van der Waals surface area contributed by atoms with Gasteiger partial charge in [-0.2, -0.15) is 0 Å². The van der Waals surface area contributed by atoms with E-state index in [9.17, 15) is 9.59 Å². The summed E-state index contributed by atoms with van der Waals surface area (Å²) in [6.45, 7) is 6.64. The van der Waals surface area contributed by atoms with E-state index in [4.69, 9.17) is 0 Å². The van der Waals surface area contributed by atoms with Gasteiger partial charge in [0.15, 0.2) is 0 Å². The first-order valence-electron chi connectivity index (χ1n) is 6.20. The van der Waals surface area contributed by atoms with Crippen molar-refractivity contribution in [3.8, 4) is 0 Å². The van der Waals surface area contributed by atoms with Gasteiger partial charge >= 0.3 is 6.03 Å². The van der Waals surface area contributed by atoms with Crippen LogP contribution >= 0.6 is 0 Å². The summed E-state index contributed by atoms with van der Waals surface area (Å²) in [6, 6.07) is 7.39. The fourth-order valence-electron chi connectivity index (χ4n) is 2.04. The smallest absolute Gasteiger partial charge is 0.321 e. The number of nitrogens with zero attached hydrogens (tertiary/aromatic N) is 1. The molecule has 1 aromatic carbocycles. The van der Waals surface area contributed by atoms with Crippen LogP contribution in [0.15, 0.2) is 36.9 Å². The lowest BCUT2D eigenvalue weighted by Gasteiger charge is -2.18. The third-order valence-electron chi connectivity index (χ3n) is 3.08. The molecular formula is C14H17N3O2. The maximum Gasteiger partial charge on any atom is 0.321 e. The third-order valence-corrected chi connectivity index (χ3v) is 3.08. The molecule has 1 saturated heterocycles. The fraction of sp³-hybridized carbons (Fsp3) is 0.286. The van der Waals surface area contributed by atoms with Crippen molar-refractivity contribution in [2.24, 2.45) is 0 Å². The second-order valence-electron chi connectivity index (χ2n) is 4.41. The number of carbonyl (C=O) groups is 2. The average Bonchev–Trinajstić information content (AvgIpc) is 2.85. The summed E-state index contributed by atoms with van der Waals surface area (Å²) in [7, 11) is 0. The summed E-state index contributed by atoms with van der Waals surface area (Å²) < 4.78 is 0. The van der Waals surface area contributed by atoms with Crippen molar-refractivity contribution in [3.05, 3.63) is 42.5 Å². The third kappa shape index (κ3) is 2.93. The van der Waals surface area contributed by atoms with Crippen molar-refractivity contribution in [2.45, 2.75) is 13.0 Å². The number of nitrogens with one attached hydrogen (secondary N) is 2. The number of urea groups is 1. The molecule has 5 heteroatoms. The van der Waals surface area contributed by atoms with Gasteiger partial charge in [0.1, 0.15) is 0 Å². The van der Waals surface area contributed by atoms with Crippen LogP contribution in [0.3, 0.4) is 0 Å². The SMILES string of the molecule is C=CC(=O)NC(C)c1cccc(N2CCNC2=O)c1. The zero-order valence-corrected chi connectivity index (χ0v) is 10.8. The number of amides is 3. The maximum absolute atomic E-state index is 11.6. The molecule has 3 amide bonds. The van der Waals surface area contributed by atoms with Crippen LogP contribution in [0, 0.1) is 0 Å². The Bertz CT molecular complexity index is 513. The predicted molar refractivity (Wildman–Crippen MR) is 73.9 cm³/mol. The van der Waals surface area contributed by atoms with E-state index in [-0.39, 0.29) is 18.0 Å². The lowest BCUT2D eigenvalue weighted by atomic mass is 10.1. The molecule has 2 rings (SSSR count). The van der Waals surface area contributed by atoms with Gasteiger partial charge in [-0.25, -0.2) is 4.79 Å². The van der Waals surface area contributed by atoms with E-state index in [0.717, 1.165) is 11.3 Å². The topological polar surface area (TPSA) is 61.4 Å². The quantitative estimate of drug-likeness (QED) is 0.806.